The lowest BCUT2D eigenvalue weighted by Gasteiger charge is -2.31. The van der Waals surface area contributed by atoms with Crippen LogP contribution in [0.25, 0.3) is 0 Å². The Kier molecular flexibility index (Phi) is 5.52. The second kappa shape index (κ2) is 7.19. The summed E-state index contributed by atoms with van der Waals surface area (Å²) in [5, 5.41) is 2.92. The van der Waals surface area contributed by atoms with Gasteiger partial charge in [-0.05, 0) is 30.9 Å². The van der Waals surface area contributed by atoms with E-state index in [2.05, 4.69) is 10.3 Å². The lowest BCUT2D eigenvalue weighted by Crippen LogP contribution is -2.42. The number of rotatable bonds is 5. The Morgan fingerprint density at radius 3 is 2.64 bits per heavy atom. The average Bonchev–Trinajstić information content (AvgIpc) is 2.53. The van der Waals surface area contributed by atoms with Crippen LogP contribution < -0.4 is 5.32 Å². The highest BCUT2D eigenvalue weighted by molar-refractivity contribution is 7.89. The van der Waals surface area contributed by atoms with Gasteiger partial charge in [-0.25, -0.2) is 8.42 Å². The maximum atomic E-state index is 12.5. The molecule has 6 nitrogen and oxygen atoms in total. The number of hydrogen-bond donors (Lipinski definition) is 1. The summed E-state index contributed by atoms with van der Waals surface area (Å²) in [5.41, 5.74) is 0. The zero-order valence-electron chi connectivity index (χ0n) is 13.0. The van der Waals surface area contributed by atoms with Gasteiger partial charge in [-0.1, -0.05) is 13.8 Å². The number of piperidine rings is 1. The van der Waals surface area contributed by atoms with Gasteiger partial charge in [0.15, 0.2) is 0 Å². The summed E-state index contributed by atoms with van der Waals surface area (Å²) < 4.78 is 26.4. The summed E-state index contributed by atoms with van der Waals surface area (Å²) in [6, 6.07) is 3.19. The Bertz CT molecular complexity index is 594. The van der Waals surface area contributed by atoms with Gasteiger partial charge in [-0.15, -0.1) is 0 Å². The van der Waals surface area contributed by atoms with Gasteiger partial charge in [0.2, 0.25) is 15.9 Å². The minimum absolute atomic E-state index is 0.0222. The molecule has 1 aliphatic heterocycles. The average molecular weight is 325 g/mol. The van der Waals surface area contributed by atoms with E-state index in [1.165, 1.54) is 10.5 Å². The predicted molar refractivity (Wildman–Crippen MR) is 83.6 cm³/mol. The first kappa shape index (κ1) is 16.9. The van der Waals surface area contributed by atoms with E-state index < -0.39 is 10.0 Å². The molecule has 2 heterocycles. The molecule has 0 bridgehead atoms. The maximum Gasteiger partial charge on any atom is 0.244 e. The normalized spacial score (nSPS) is 17.6. The minimum atomic E-state index is -3.45. The van der Waals surface area contributed by atoms with E-state index in [0.717, 1.165) is 12.8 Å². The number of carbonyl (C=O) groups is 1. The van der Waals surface area contributed by atoms with Crippen LogP contribution in [0, 0.1) is 11.8 Å². The van der Waals surface area contributed by atoms with Gasteiger partial charge in [0.05, 0.1) is 0 Å². The molecule has 0 unspecified atom stereocenters. The van der Waals surface area contributed by atoms with Gasteiger partial charge in [0, 0.05) is 37.9 Å². The molecule has 0 aliphatic carbocycles. The van der Waals surface area contributed by atoms with Crippen LogP contribution in [0.4, 0.5) is 0 Å². The zero-order chi connectivity index (χ0) is 16.2. The van der Waals surface area contributed by atoms with Crippen molar-refractivity contribution < 1.29 is 13.2 Å². The smallest absolute Gasteiger partial charge is 0.244 e. The highest BCUT2D eigenvalue weighted by Gasteiger charge is 2.29. The molecular weight excluding hydrogens is 302 g/mol. The fourth-order valence-electron chi connectivity index (χ4n) is 2.45. The number of hydrogen-bond acceptors (Lipinski definition) is 4. The third-order valence-electron chi connectivity index (χ3n) is 3.94. The molecular formula is C15H23N3O3S. The van der Waals surface area contributed by atoms with Crippen molar-refractivity contribution >= 4 is 15.9 Å². The fraction of sp³-hybridized carbons (Fsp3) is 0.600. The summed E-state index contributed by atoms with van der Waals surface area (Å²) in [4.78, 5) is 15.7. The molecule has 0 radical (unpaired) electrons. The van der Waals surface area contributed by atoms with Gasteiger partial charge in [0.25, 0.3) is 0 Å². The topological polar surface area (TPSA) is 79.4 Å². The van der Waals surface area contributed by atoms with Crippen LogP contribution in [0.5, 0.6) is 0 Å². The number of nitrogens with one attached hydrogen (secondary N) is 1. The fourth-order valence-corrected chi connectivity index (χ4v) is 3.89. The molecule has 0 aromatic carbocycles. The lowest BCUT2D eigenvalue weighted by molar-refractivity contribution is -0.124. The third-order valence-corrected chi connectivity index (χ3v) is 5.82. The van der Waals surface area contributed by atoms with Crippen LogP contribution in [-0.4, -0.2) is 43.2 Å². The van der Waals surface area contributed by atoms with Crippen molar-refractivity contribution in [3.63, 3.8) is 0 Å². The standard InChI is InChI=1S/C15H23N3O3S/c1-12(2)15(19)17-10-13-5-8-18(9-6-13)22(20,21)14-4-3-7-16-11-14/h3-4,7,11-13H,5-6,8-10H2,1-2H3,(H,17,19). The number of nitrogens with zero attached hydrogens (tertiary/aromatic N) is 2. The second-order valence-electron chi connectivity index (χ2n) is 5.94. The first-order chi connectivity index (χ1) is 10.4. The first-order valence-electron chi connectivity index (χ1n) is 7.59. The highest BCUT2D eigenvalue weighted by atomic mass is 32.2. The van der Waals surface area contributed by atoms with Crippen LogP contribution in [0.15, 0.2) is 29.4 Å². The van der Waals surface area contributed by atoms with Gasteiger partial charge < -0.3 is 5.32 Å². The number of amides is 1. The monoisotopic (exact) mass is 325 g/mol. The second-order valence-corrected chi connectivity index (χ2v) is 7.87. The van der Waals surface area contributed by atoms with Crippen molar-refractivity contribution in [3.8, 4) is 0 Å². The molecule has 2 rings (SSSR count). The molecule has 0 spiro atoms. The van der Waals surface area contributed by atoms with Gasteiger partial charge in [-0.3, -0.25) is 9.78 Å². The molecule has 122 valence electrons. The Morgan fingerprint density at radius 1 is 1.41 bits per heavy atom. The molecule has 0 saturated carbocycles. The van der Waals surface area contributed by atoms with Crippen molar-refractivity contribution in [2.75, 3.05) is 19.6 Å². The van der Waals surface area contributed by atoms with Crippen LogP contribution in [0.3, 0.4) is 0 Å². The summed E-state index contributed by atoms with van der Waals surface area (Å²) in [7, 11) is -3.45. The number of sulfonamides is 1. The lowest BCUT2D eigenvalue weighted by atomic mass is 9.98. The third kappa shape index (κ3) is 4.04. The number of aromatic nitrogens is 1. The quantitative estimate of drug-likeness (QED) is 0.884. The van der Waals surface area contributed by atoms with Crippen LogP contribution >= 0.6 is 0 Å². The maximum absolute atomic E-state index is 12.5. The Labute approximate surface area is 132 Å². The van der Waals surface area contributed by atoms with Crippen molar-refractivity contribution in [3.05, 3.63) is 24.5 Å². The summed E-state index contributed by atoms with van der Waals surface area (Å²) in [6.45, 7) is 5.31. The van der Waals surface area contributed by atoms with E-state index in [1.54, 1.807) is 18.3 Å². The molecule has 1 aliphatic rings. The molecule has 7 heteroatoms. The van der Waals surface area contributed by atoms with Crippen LogP contribution in [-0.2, 0) is 14.8 Å². The van der Waals surface area contributed by atoms with Crippen molar-refractivity contribution in [2.24, 2.45) is 11.8 Å². The summed E-state index contributed by atoms with van der Waals surface area (Å²) >= 11 is 0. The van der Waals surface area contributed by atoms with E-state index in [1.807, 2.05) is 13.8 Å². The highest BCUT2D eigenvalue weighted by Crippen LogP contribution is 2.23. The summed E-state index contributed by atoms with van der Waals surface area (Å²) in [5.74, 6) is 0.361. The number of carbonyl (C=O) groups excluding carboxylic acids is 1. The van der Waals surface area contributed by atoms with Crippen molar-refractivity contribution in [1.82, 2.24) is 14.6 Å². The van der Waals surface area contributed by atoms with Gasteiger partial charge >= 0.3 is 0 Å². The summed E-state index contributed by atoms with van der Waals surface area (Å²) in [6.07, 6.45) is 4.46. The predicted octanol–water partition coefficient (Wildman–Crippen LogP) is 1.25. The van der Waals surface area contributed by atoms with Crippen LogP contribution in [0.2, 0.25) is 0 Å². The SMILES string of the molecule is CC(C)C(=O)NCC1CCN(S(=O)(=O)c2cccnc2)CC1. The first-order valence-corrected chi connectivity index (χ1v) is 9.03. The van der Waals surface area contributed by atoms with Gasteiger partial charge in [-0.2, -0.15) is 4.31 Å². The van der Waals surface area contributed by atoms with E-state index in [4.69, 9.17) is 0 Å². The Hall–Kier alpha value is -1.47. The molecule has 1 amide bonds. The van der Waals surface area contributed by atoms with E-state index in [0.29, 0.717) is 25.6 Å². The molecule has 22 heavy (non-hydrogen) atoms. The van der Waals surface area contributed by atoms with Gasteiger partial charge in [0.1, 0.15) is 4.90 Å². The Morgan fingerprint density at radius 2 is 2.09 bits per heavy atom. The molecule has 0 atom stereocenters. The van der Waals surface area contributed by atoms with E-state index >= 15 is 0 Å². The van der Waals surface area contributed by atoms with Crippen molar-refractivity contribution in [1.29, 1.82) is 0 Å². The molecule has 1 saturated heterocycles. The zero-order valence-corrected chi connectivity index (χ0v) is 13.8. The molecule has 1 N–H and O–H groups in total. The Balaban J connectivity index is 1.88. The number of pyridine rings is 1. The van der Waals surface area contributed by atoms with Crippen molar-refractivity contribution in [2.45, 2.75) is 31.6 Å². The van der Waals surface area contributed by atoms with E-state index in [9.17, 15) is 13.2 Å². The van der Waals surface area contributed by atoms with E-state index in [-0.39, 0.29) is 16.7 Å². The molecule has 1 aromatic heterocycles. The molecule has 1 aromatic rings. The molecule has 1 fully saturated rings. The minimum Gasteiger partial charge on any atom is -0.356 e. The van der Waals surface area contributed by atoms with Crippen LogP contribution in [0.1, 0.15) is 26.7 Å². The largest absolute Gasteiger partial charge is 0.356 e.